The first-order chi connectivity index (χ1) is 7.47. The van der Waals surface area contributed by atoms with E-state index in [2.05, 4.69) is 4.98 Å². The minimum atomic E-state index is -3.68. The lowest BCUT2D eigenvalue weighted by atomic mass is 10.2. The Kier molecular flexibility index (Phi) is 3.01. The summed E-state index contributed by atoms with van der Waals surface area (Å²) >= 11 is 1.52. The first-order valence-corrected chi connectivity index (χ1v) is 7.63. The van der Waals surface area contributed by atoms with E-state index in [1.165, 1.54) is 23.5 Å². The molecule has 0 aliphatic heterocycles. The van der Waals surface area contributed by atoms with Crippen molar-refractivity contribution in [2.75, 3.05) is 0 Å². The molecule has 0 saturated heterocycles. The summed E-state index contributed by atoms with van der Waals surface area (Å²) in [6.45, 7) is 1.90. The zero-order chi connectivity index (χ0) is 11.8. The molecule has 6 heteroatoms. The average Bonchev–Trinajstić information content (AvgIpc) is 2.64. The first kappa shape index (κ1) is 11.6. The summed E-state index contributed by atoms with van der Waals surface area (Å²) < 4.78 is 22.3. The molecule has 0 aliphatic carbocycles. The number of halogens is 1. The van der Waals surface area contributed by atoms with Crippen LogP contribution in [0.3, 0.4) is 0 Å². The van der Waals surface area contributed by atoms with Crippen LogP contribution in [0.5, 0.6) is 0 Å². The smallest absolute Gasteiger partial charge is 0.242 e. The fraction of sp³-hybridized carbons (Fsp3) is 0.100. The van der Waals surface area contributed by atoms with Gasteiger partial charge in [-0.2, -0.15) is 0 Å². The van der Waals surface area contributed by atoms with Crippen molar-refractivity contribution in [3.05, 3.63) is 34.7 Å². The number of hydrogen-bond donors (Lipinski definition) is 0. The summed E-state index contributed by atoms with van der Waals surface area (Å²) in [6.07, 6.45) is 0. The predicted molar refractivity (Wildman–Crippen MR) is 65.3 cm³/mol. The molecule has 0 radical (unpaired) electrons. The van der Waals surface area contributed by atoms with Crippen LogP contribution in [0.4, 0.5) is 0 Å². The SMILES string of the molecule is Cc1nc(-c2cccc(S(=O)(=O)Cl)c2)cs1. The third kappa shape index (κ3) is 2.42. The number of aromatic nitrogens is 1. The molecule has 2 aromatic rings. The summed E-state index contributed by atoms with van der Waals surface area (Å²) in [5.41, 5.74) is 1.52. The van der Waals surface area contributed by atoms with E-state index < -0.39 is 9.05 Å². The highest BCUT2D eigenvalue weighted by molar-refractivity contribution is 8.13. The topological polar surface area (TPSA) is 47.0 Å². The normalized spacial score (nSPS) is 11.6. The molecule has 2 rings (SSSR count). The molecule has 1 aromatic heterocycles. The average molecular weight is 274 g/mol. The van der Waals surface area contributed by atoms with Crippen molar-refractivity contribution in [3.63, 3.8) is 0 Å². The van der Waals surface area contributed by atoms with Gasteiger partial charge in [0.15, 0.2) is 0 Å². The van der Waals surface area contributed by atoms with E-state index in [-0.39, 0.29) is 4.90 Å². The lowest BCUT2D eigenvalue weighted by Crippen LogP contribution is -1.90. The van der Waals surface area contributed by atoms with Crippen LogP contribution in [0.1, 0.15) is 5.01 Å². The van der Waals surface area contributed by atoms with E-state index in [4.69, 9.17) is 10.7 Å². The quantitative estimate of drug-likeness (QED) is 0.790. The summed E-state index contributed by atoms with van der Waals surface area (Å²) in [5, 5.41) is 2.82. The largest absolute Gasteiger partial charge is 0.261 e. The Labute approximate surface area is 102 Å². The molecule has 0 unspecified atom stereocenters. The van der Waals surface area contributed by atoms with Crippen LogP contribution in [0.15, 0.2) is 34.5 Å². The van der Waals surface area contributed by atoms with E-state index in [1.807, 2.05) is 12.3 Å². The summed E-state index contributed by atoms with van der Waals surface area (Å²) in [4.78, 5) is 4.38. The molecule has 0 aliphatic rings. The van der Waals surface area contributed by atoms with Crippen molar-refractivity contribution < 1.29 is 8.42 Å². The molecular weight excluding hydrogens is 266 g/mol. The maximum absolute atomic E-state index is 11.2. The Bertz CT molecular complexity index is 619. The fourth-order valence-electron chi connectivity index (χ4n) is 1.30. The second kappa shape index (κ2) is 4.16. The van der Waals surface area contributed by atoms with Crippen molar-refractivity contribution >= 4 is 31.1 Å². The standard InChI is InChI=1S/C10H8ClNO2S2/c1-7-12-10(6-15-7)8-3-2-4-9(5-8)16(11,13)14/h2-6H,1H3. The van der Waals surface area contributed by atoms with Crippen molar-refractivity contribution in [2.24, 2.45) is 0 Å². The Hall–Kier alpha value is -0.910. The number of hydrogen-bond acceptors (Lipinski definition) is 4. The summed E-state index contributed by atoms with van der Waals surface area (Å²) in [5.74, 6) is 0. The predicted octanol–water partition coefficient (Wildman–Crippen LogP) is 3.05. The lowest BCUT2D eigenvalue weighted by molar-refractivity contribution is 0.609. The van der Waals surface area contributed by atoms with Crippen molar-refractivity contribution in [1.29, 1.82) is 0 Å². The molecule has 1 heterocycles. The summed E-state index contributed by atoms with van der Waals surface area (Å²) in [6, 6.07) is 6.45. The number of rotatable bonds is 2. The molecule has 3 nitrogen and oxygen atoms in total. The number of nitrogens with zero attached hydrogens (tertiary/aromatic N) is 1. The first-order valence-electron chi connectivity index (χ1n) is 4.44. The van der Waals surface area contributed by atoms with Gasteiger partial charge in [-0.15, -0.1) is 11.3 Å². The minimum absolute atomic E-state index is 0.0947. The Balaban J connectivity index is 2.52. The van der Waals surface area contributed by atoms with E-state index in [9.17, 15) is 8.42 Å². The number of thiazole rings is 1. The van der Waals surface area contributed by atoms with Crippen molar-refractivity contribution in [1.82, 2.24) is 4.98 Å². The van der Waals surface area contributed by atoms with Gasteiger partial charge in [0.25, 0.3) is 9.05 Å². The van der Waals surface area contributed by atoms with Crippen LogP contribution in [0.25, 0.3) is 11.3 Å². The van der Waals surface area contributed by atoms with E-state index in [0.29, 0.717) is 0 Å². The van der Waals surface area contributed by atoms with Gasteiger partial charge in [-0.3, -0.25) is 0 Å². The van der Waals surface area contributed by atoms with Gasteiger partial charge < -0.3 is 0 Å². The Morgan fingerprint density at radius 3 is 2.69 bits per heavy atom. The van der Waals surface area contributed by atoms with E-state index in [1.54, 1.807) is 12.1 Å². The number of benzene rings is 1. The highest BCUT2D eigenvalue weighted by Crippen LogP contribution is 2.25. The fourth-order valence-corrected chi connectivity index (χ4v) is 2.72. The van der Waals surface area contributed by atoms with Gasteiger partial charge in [-0.1, -0.05) is 12.1 Å². The molecular formula is C10H8ClNO2S2. The van der Waals surface area contributed by atoms with Crippen molar-refractivity contribution in [2.45, 2.75) is 11.8 Å². The van der Waals surface area contributed by atoms with Gasteiger partial charge in [-0.25, -0.2) is 13.4 Å². The van der Waals surface area contributed by atoms with Gasteiger partial charge in [0.2, 0.25) is 0 Å². The van der Waals surface area contributed by atoms with Crippen LogP contribution < -0.4 is 0 Å². The number of aryl methyl sites for hydroxylation is 1. The van der Waals surface area contributed by atoms with Crippen molar-refractivity contribution in [3.8, 4) is 11.3 Å². The van der Waals surface area contributed by atoms with Gasteiger partial charge in [0.1, 0.15) is 0 Å². The second-order valence-electron chi connectivity index (χ2n) is 3.22. The van der Waals surface area contributed by atoms with Crippen LogP contribution in [0.2, 0.25) is 0 Å². The van der Waals surface area contributed by atoms with E-state index in [0.717, 1.165) is 16.3 Å². The molecule has 0 atom stereocenters. The third-order valence-electron chi connectivity index (χ3n) is 2.03. The molecule has 84 valence electrons. The molecule has 16 heavy (non-hydrogen) atoms. The van der Waals surface area contributed by atoms with Gasteiger partial charge in [0, 0.05) is 21.6 Å². The van der Waals surface area contributed by atoms with Crippen LogP contribution in [-0.4, -0.2) is 13.4 Å². The van der Waals surface area contributed by atoms with Gasteiger partial charge >= 0.3 is 0 Å². The lowest BCUT2D eigenvalue weighted by Gasteiger charge is -1.99. The molecule has 0 bridgehead atoms. The molecule has 1 aromatic carbocycles. The molecule has 0 amide bonds. The Morgan fingerprint density at radius 1 is 1.38 bits per heavy atom. The third-order valence-corrected chi connectivity index (χ3v) is 4.16. The minimum Gasteiger partial charge on any atom is -0.242 e. The molecule has 0 saturated carbocycles. The monoisotopic (exact) mass is 273 g/mol. The molecule has 0 N–H and O–H groups in total. The van der Waals surface area contributed by atoms with E-state index >= 15 is 0 Å². The second-order valence-corrected chi connectivity index (χ2v) is 6.85. The Morgan fingerprint density at radius 2 is 2.12 bits per heavy atom. The van der Waals surface area contributed by atoms with Gasteiger partial charge in [-0.05, 0) is 19.1 Å². The molecule has 0 fully saturated rings. The van der Waals surface area contributed by atoms with Crippen LogP contribution >= 0.6 is 22.0 Å². The highest BCUT2D eigenvalue weighted by atomic mass is 35.7. The maximum atomic E-state index is 11.2. The maximum Gasteiger partial charge on any atom is 0.261 e. The van der Waals surface area contributed by atoms with Crippen LogP contribution in [-0.2, 0) is 9.05 Å². The molecule has 0 spiro atoms. The highest BCUT2D eigenvalue weighted by Gasteiger charge is 2.11. The zero-order valence-electron chi connectivity index (χ0n) is 8.34. The summed E-state index contributed by atoms with van der Waals surface area (Å²) in [7, 11) is 1.60. The van der Waals surface area contributed by atoms with Crippen LogP contribution in [0, 0.1) is 6.92 Å². The zero-order valence-corrected chi connectivity index (χ0v) is 10.7. The van der Waals surface area contributed by atoms with Gasteiger partial charge in [0.05, 0.1) is 15.6 Å².